The molecule has 3 rings (SSSR count). The zero-order valence-electron chi connectivity index (χ0n) is 16.1. The summed E-state index contributed by atoms with van der Waals surface area (Å²) in [5.74, 6) is 0.722. The summed E-state index contributed by atoms with van der Waals surface area (Å²) in [6.45, 7) is 0.291. The molecule has 0 aromatic heterocycles. The highest BCUT2D eigenvalue weighted by atomic mass is 79.9. The van der Waals surface area contributed by atoms with Crippen LogP contribution in [0, 0.1) is 0 Å². The van der Waals surface area contributed by atoms with Gasteiger partial charge in [0.1, 0.15) is 6.61 Å². The molecule has 3 N–H and O–H groups in total. The van der Waals surface area contributed by atoms with Crippen LogP contribution in [0.3, 0.4) is 0 Å². The largest absolute Gasteiger partial charge is 0.493 e. The number of ether oxygens (including phenoxy) is 2. The van der Waals surface area contributed by atoms with E-state index in [-0.39, 0.29) is 5.91 Å². The van der Waals surface area contributed by atoms with E-state index in [1.807, 2.05) is 30.3 Å². The fraction of sp³-hybridized carbons (Fsp3) is 0.0909. The highest BCUT2D eigenvalue weighted by Gasteiger charge is 2.12. The van der Waals surface area contributed by atoms with Crippen LogP contribution in [-0.2, 0) is 6.61 Å². The van der Waals surface area contributed by atoms with Crippen molar-refractivity contribution in [3.63, 3.8) is 0 Å². The van der Waals surface area contributed by atoms with Crippen LogP contribution in [0.1, 0.15) is 21.5 Å². The molecule has 0 saturated carbocycles. The highest BCUT2D eigenvalue weighted by Crippen LogP contribution is 2.37. The van der Waals surface area contributed by atoms with E-state index in [1.54, 1.807) is 37.4 Å². The van der Waals surface area contributed by atoms with E-state index in [0.29, 0.717) is 44.4 Å². The number of rotatable bonds is 7. The summed E-state index contributed by atoms with van der Waals surface area (Å²) in [5.41, 5.74) is 10.7. The molecule has 3 aromatic carbocycles. The molecule has 154 valence electrons. The standard InChI is InChI=1S/C22H19BrClN3O3/c1-29-20-11-14(12-26-27-22(28)15-6-8-17(25)9-7-15)10-18(23)21(20)30-13-16-4-2-3-5-19(16)24/h2-12H,13,25H2,1H3,(H,27,28)/b26-12-. The van der Waals surface area contributed by atoms with Crippen molar-refractivity contribution in [1.82, 2.24) is 5.43 Å². The van der Waals surface area contributed by atoms with Gasteiger partial charge in [-0.05, 0) is 64.0 Å². The molecule has 3 aromatic rings. The lowest BCUT2D eigenvalue weighted by molar-refractivity contribution is 0.0955. The number of hydrazone groups is 1. The average Bonchev–Trinajstić information content (AvgIpc) is 2.74. The molecular weight excluding hydrogens is 470 g/mol. The molecule has 0 spiro atoms. The van der Waals surface area contributed by atoms with Crippen LogP contribution in [0.5, 0.6) is 11.5 Å². The Balaban J connectivity index is 1.70. The molecule has 1 amide bonds. The van der Waals surface area contributed by atoms with Gasteiger partial charge in [-0.2, -0.15) is 5.10 Å². The number of nitrogens with two attached hydrogens (primary N) is 1. The maximum absolute atomic E-state index is 12.1. The minimum absolute atomic E-state index is 0.291. The van der Waals surface area contributed by atoms with Crippen LogP contribution in [0.25, 0.3) is 0 Å². The summed E-state index contributed by atoms with van der Waals surface area (Å²) >= 11 is 9.68. The zero-order chi connectivity index (χ0) is 21.5. The van der Waals surface area contributed by atoms with Crippen LogP contribution >= 0.6 is 27.5 Å². The molecule has 0 saturated heterocycles. The number of anilines is 1. The fourth-order valence-electron chi connectivity index (χ4n) is 2.58. The lowest BCUT2D eigenvalue weighted by Crippen LogP contribution is -2.17. The first-order valence-electron chi connectivity index (χ1n) is 8.90. The van der Waals surface area contributed by atoms with Crippen LogP contribution < -0.4 is 20.6 Å². The van der Waals surface area contributed by atoms with Crippen LogP contribution in [0.2, 0.25) is 5.02 Å². The molecule has 0 heterocycles. The molecule has 0 aliphatic rings. The lowest BCUT2D eigenvalue weighted by atomic mass is 10.2. The fourth-order valence-corrected chi connectivity index (χ4v) is 3.35. The number of halogens is 2. The molecule has 30 heavy (non-hydrogen) atoms. The van der Waals surface area contributed by atoms with Crippen molar-refractivity contribution in [2.45, 2.75) is 6.61 Å². The smallest absolute Gasteiger partial charge is 0.271 e. The van der Waals surface area contributed by atoms with E-state index in [4.69, 9.17) is 26.8 Å². The Morgan fingerprint density at radius 3 is 2.63 bits per heavy atom. The molecule has 8 heteroatoms. The number of nitrogen functional groups attached to an aromatic ring is 1. The molecule has 0 radical (unpaired) electrons. The first kappa shape index (κ1) is 21.7. The first-order chi connectivity index (χ1) is 14.5. The van der Waals surface area contributed by atoms with Crippen molar-refractivity contribution in [3.05, 3.63) is 86.8 Å². The summed E-state index contributed by atoms with van der Waals surface area (Å²) in [5, 5.41) is 4.63. The minimum Gasteiger partial charge on any atom is -0.493 e. The summed E-state index contributed by atoms with van der Waals surface area (Å²) in [4.78, 5) is 12.1. The van der Waals surface area contributed by atoms with E-state index >= 15 is 0 Å². The van der Waals surface area contributed by atoms with Gasteiger partial charge in [0.05, 0.1) is 17.8 Å². The molecular formula is C22H19BrClN3O3. The molecule has 6 nitrogen and oxygen atoms in total. The summed E-state index contributed by atoms with van der Waals surface area (Å²) in [6, 6.07) is 17.6. The van der Waals surface area contributed by atoms with E-state index in [1.165, 1.54) is 6.21 Å². The summed E-state index contributed by atoms with van der Waals surface area (Å²) < 4.78 is 12.0. The van der Waals surface area contributed by atoms with Crippen LogP contribution in [-0.4, -0.2) is 19.2 Å². The maximum atomic E-state index is 12.1. The topological polar surface area (TPSA) is 85.9 Å². The Labute approximate surface area is 187 Å². The number of carbonyl (C=O) groups is 1. The SMILES string of the molecule is COc1cc(/C=N\NC(=O)c2ccc(N)cc2)cc(Br)c1OCc1ccccc1Cl. The molecule has 0 aliphatic heterocycles. The van der Waals surface area contributed by atoms with Gasteiger partial charge in [0.15, 0.2) is 11.5 Å². The van der Waals surface area contributed by atoms with E-state index in [2.05, 4.69) is 26.5 Å². The number of amides is 1. The van der Waals surface area contributed by atoms with Crippen molar-refractivity contribution >= 4 is 45.3 Å². The lowest BCUT2D eigenvalue weighted by Gasteiger charge is -2.14. The second kappa shape index (κ2) is 10.1. The van der Waals surface area contributed by atoms with Crippen molar-refractivity contribution < 1.29 is 14.3 Å². The zero-order valence-corrected chi connectivity index (χ0v) is 18.4. The van der Waals surface area contributed by atoms with Gasteiger partial charge in [-0.15, -0.1) is 0 Å². The molecule has 0 aliphatic carbocycles. The Morgan fingerprint density at radius 1 is 1.20 bits per heavy atom. The number of methoxy groups -OCH3 is 1. The molecule has 0 fully saturated rings. The van der Waals surface area contributed by atoms with Crippen molar-refractivity contribution in [1.29, 1.82) is 0 Å². The van der Waals surface area contributed by atoms with Crippen LogP contribution in [0.15, 0.2) is 70.2 Å². The Hall–Kier alpha value is -3.03. The molecule has 0 unspecified atom stereocenters. The average molecular weight is 489 g/mol. The normalized spacial score (nSPS) is 10.8. The second-order valence-electron chi connectivity index (χ2n) is 6.24. The third-order valence-corrected chi connectivity index (χ3v) is 5.09. The summed E-state index contributed by atoms with van der Waals surface area (Å²) in [7, 11) is 1.55. The maximum Gasteiger partial charge on any atom is 0.271 e. The van der Waals surface area contributed by atoms with Crippen LogP contribution in [0.4, 0.5) is 5.69 Å². The molecule has 0 bridgehead atoms. The van der Waals surface area contributed by atoms with Gasteiger partial charge >= 0.3 is 0 Å². The Kier molecular flexibility index (Phi) is 7.32. The van der Waals surface area contributed by atoms with E-state index < -0.39 is 0 Å². The quantitative estimate of drug-likeness (QED) is 0.277. The van der Waals surface area contributed by atoms with Gasteiger partial charge in [-0.3, -0.25) is 4.79 Å². The predicted molar refractivity (Wildman–Crippen MR) is 122 cm³/mol. The van der Waals surface area contributed by atoms with E-state index in [9.17, 15) is 4.79 Å². The number of nitrogens with zero attached hydrogens (tertiary/aromatic N) is 1. The van der Waals surface area contributed by atoms with Gasteiger partial charge in [0.2, 0.25) is 0 Å². The first-order valence-corrected chi connectivity index (χ1v) is 10.1. The third kappa shape index (κ3) is 5.52. The predicted octanol–water partition coefficient (Wildman–Crippen LogP) is 5.04. The van der Waals surface area contributed by atoms with Crippen molar-refractivity contribution in [3.8, 4) is 11.5 Å². The van der Waals surface area contributed by atoms with Gasteiger partial charge in [0.25, 0.3) is 5.91 Å². The number of carbonyl (C=O) groups excluding carboxylic acids is 1. The monoisotopic (exact) mass is 487 g/mol. The summed E-state index contributed by atoms with van der Waals surface area (Å²) in [6.07, 6.45) is 1.51. The van der Waals surface area contributed by atoms with Gasteiger partial charge in [-0.25, -0.2) is 5.43 Å². The number of benzene rings is 3. The van der Waals surface area contributed by atoms with Gasteiger partial charge in [0, 0.05) is 21.8 Å². The molecule has 0 atom stereocenters. The van der Waals surface area contributed by atoms with Gasteiger partial charge in [-0.1, -0.05) is 29.8 Å². The van der Waals surface area contributed by atoms with Gasteiger partial charge < -0.3 is 15.2 Å². The number of hydrogen-bond donors (Lipinski definition) is 2. The van der Waals surface area contributed by atoms with Crippen molar-refractivity contribution in [2.75, 3.05) is 12.8 Å². The number of nitrogens with one attached hydrogen (secondary N) is 1. The number of hydrogen-bond acceptors (Lipinski definition) is 5. The Morgan fingerprint density at radius 2 is 1.93 bits per heavy atom. The van der Waals surface area contributed by atoms with E-state index in [0.717, 1.165) is 5.56 Å². The Bertz CT molecular complexity index is 1070. The highest BCUT2D eigenvalue weighted by molar-refractivity contribution is 9.10. The minimum atomic E-state index is -0.336. The van der Waals surface area contributed by atoms with Crippen molar-refractivity contribution in [2.24, 2.45) is 5.10 Å². The second-order valence-corrected chi connectivity index (χ2v) is 7.50. The third-order valence-electron chi connectivity index (χ3n) is 4.13.